The summed E-state index contributed by atoms with van der Waals surface area (Å²) in [5, 5.41) is 14.6. The lowest BCUT2D eigenvalue weighted by atomic mass is 10.1. The first-order valence-electron chi connectivity index (χ1n) is 8.71. The Bertz CT molecular complexity index is 797. The molecule has 2 aromatic rings. The first-order chi connectivity index (χ1) is 12.7. The van der Waals surface area contributed by atoms with E-state index in [1.54, 1.807) is 0 Å². The summed E-state index contributed by atoms with van der Waals surface area (Å²) in [6, 6.07) is 15.4. The average Bonchev–Trinajstić information content (AvgIpc) is 3.18. The van der Waals surface area contributed by atoms with Gasteiger partial charge in [-0.3, -0.25) is 4.90 Å². The Labute approximate surface area is 152 Å². The highest BCUT2D eigenvalue weighted by atomic mass is 19.1. The number of carbonyl (C=O) groups excluding carboxylic acids is 1. The zero-order chi connectivity index (χ0) is 18.4. The minimum Gasteiger partial charge on any atom is -0.336 e. The van der Waals surface area contributed by atoms with Crippen LogP contribution >= 0.6 is 0 Å². The molecule has 1 heterocycles. The second-order valence-electron chi connectivity index (χ2n) is 6.31. The summed E-state index contributed by atoms with van der Waals surface area (Å²) < 4.78 is 13.2. The molecular weight excluding hydrogens is 331 g/mol. The quantitative estimate of drug-likeness (QED) is 0.863. The zero-order valence-corrected chi connectivity index (χ0v) is 14.4. The summed E-state index contributed by atoms with van der Waals surface area (Å²) in [5.74, 6) is -0.509. The lowest BCUT2D eigenvalue weighted by Gasteiger charge is -2.28. The molecule has 1 aliphatic heterocycles. The Morgan fingerprint density at radius 1 is 1.19 bits per heavy atom. The van der Waals surface area contributed by atoms with Crippen LogP contribution in [-0.2, 0) is 0 Å². The van der Waals surface area contributed by atoms with E-state index in [4.69, 9.17) is 5.26 Å². The van der Waals surface area contributed by atoms with Crippen molar-refractivity contribution in [1.29, 1.82) is 5.26 Å². The Balaban J connectivity index is 1.65. The van der Waals surface area contributed by atoms with E-state index in [-0.39, 0.29) is 11.6 Å². The molecule has 26 heavy (non-hydrogen) atoms. The van der Waals surface area contributed by atoms with Crippen LogP contribution in [-0.4, -0.2) is 30.6 Å². The van der Waals surface area contributed by atoms with E-state index >= 15 is 0 Å². The number of nitrogens with one attached hydrogen (secondary N) is 2. The fraction of sp³-hybridized carbons (Fsp3) is 0.300. The van der Waals surface area contributed by atoms with Crippen molar-refractivity contribution < 1.29 is 9.18 Å². The van der Waals surface area contributed by atoms with Crippen LogP contribution in [0.15, 0.2) is 48.5 Å². The molecule has 1 atom stereocenters. The zero-order valence-electron chi connectivity index (χ0n) is 14.4. The van der Waals surface area contributed by atoms with Crippen LogP contribution in [0.25, 0.3) is 0 Å². The molecule has 1 saturated heterocycles. The van der Waals surface area contributed by atoms with E-state index in [9.17, 15) is 9.18 Å². The number of benzene rings is 2. The van der Waals surface area contributed by atoms with Crippen LogP contribution in [0.4, 0.5) is 14.9 Å². The maximum absolute atomic E-state index is 13.2. The summed E-state index contributed by atoms with van der Waals surface area (Å²) in [4.78, 5) is 14.6. The van der Waals surface area contributed by atoms with Gasteiger partial charge in [-0.1, -0.05) is 30.3 Å². The van der Waals surface area contributed by atoms with Gasteiger partial charge in [-0.2, -0.15) is 5.26 Å². The normalized spacial score (nSPS) is 15.2. The lowest BCUT2D eigenvalue weighted by molar-refractivity contribution is 0.227. The predicted octanol–water partition coefficient (Wildman–Crippen LogP) is 3.66. The molecular formula is C20H21FN4O. The summed E-state index contributed by atoms with van der Waals surface area (Å²) in [5.41, 5.74) is 1.55. The van der Waals surface area contributed by atoms with Crippen LogP contribution in [0, 0.1) is 17.1 Å². The Morgan fingerprint density at radius 3 is 2.62 bits per heavy atom. The van der Waals surface area contributed by atoms with Crippen molar-refractivity contribution in [2.75, 3.05) is 25.0 Å². The molecule has 2 N–H and O–H groups in total. The van der Waals surface area contributed by atoms with E-state index in [1.165, 1.54) is 12.1 Å². The van der Waals surface area contributed by atoms with Gasteiger partial charge in [-0.25, -0.2) is 9.18 Å². The van der Waals surface area contributed by atoms with Crippen LogP contribution in [0.5, 0.6) is 0 Å². The highest BCUT2D eigenvalue weighted by Gasteiger charge is 2.23. The summed E-state index contributed by atoms with van der Waals surface area (Å²) >= 11 is 0. The monoisotopic (exact) mass is 352 g/mol. The molecule has 0 radical (unpaired) electrons. The van der Waals surface area contributed by atoms with Crippen molar-refractivity contribution in [3.05, 3.63) is 65.5 Å². The molecule has 2 aromatic carbocycles. The Hall–Kier alpha value is -2.91. The van der Waals surface area contributed by atoms with Crippen LogP contribution in [0.1, 0.15) is 30.0 Å². The van der Waals surface area contributed by atoms with Gasteiger partial charge in [-0.15, -0.1) is 0 Å². The first kappa shape index (κ1) is 17.9. The maximum atomic E-state index is 13.2. The van der Waals surface area contributed by atoms with Gasteiger partial charge in [-0.05, 0) is 49.7 Å². The highest BCUT2D eigenvalue weighted by molar-refractivity contribution is 5.90. The van der Waals surface area contributed by atoms with Crippen molar-refractivity contribution in [1.82, 2.24) is 10.2 Å². The number of rotatable bonds is 5. The fourth-order valence-electron chi connectivity index (χ4n) is 3.26. The molecule has 0 spiro atoms. The number of nitrogens with zero attached hydrogens (tertiary/aromatic N) is 2. The molecule has 1 fully saturated rings. The maximum Gasteiger partial charge on any atom is 0.319 e. The van der Waals surface area contributed by atoms with Crippen molar-refractivity contribution in [2.45, 2.75) is 18.9 Å². The average molecular weight is 352 g/mol. The third-order valence-electron chi connectivity index (χ3n) is 4.57. The SMILES string of the molecule is N#Cc1cc(F)ccc1NC(=O)NCC(c1ccccc1)N1CCCC1. The van der Waals surface area contributed by atoms with Gasteiger partial charge in [0.25, 0.3) is 0 Å². The summed E-state index contributed by atoms with van der Waals surface area (Å²) in [6.07, 6.45) is 2.33. The largest absolute Gasteiger partial charge is 0.336 e. The predicted molar refractivity (Wildman–Crippen MR) is 98.1 cm³/mol. The Morgan fingerprint density at radius 2 is 1.92 bits per heavy atom. The van der Waals surface area contributed by atoms with Crippen molar-refractivity contribution in [3.63, 3.8) is 0 Å². The number of amides is 2. The van der Waals surface area contributed by atoms with Gasteiger partial charge in [0.15, 0.2) is 0 Å². The number of halogens is 1. The molecule has 0 saturated carbocycles. The molecule has 0 aliphatic carbocycles. The molecule has 1 unspecified atom stereocenters. The second kappa shape index (κ2) is 8.45. The number of urea groups is 1. The second-order valence-corrected chi connectivity index (χ2v) is 6.31. The molecule has 2 amide bonds. The van der Waals surface area contributed by atoms with E-state index in [2.05, 4.69) is 27.7 Å². The molecule has 0 aromatic heterocycles. The van der Waals surface area contributed by atoms with Crippen LogP contribution in [0.2, 0.25) is 0 Å². The van der Waals surface area contributed by atoms with E-state index in [1.807, 2.05) is 24.3 Å². The minimum absolute atomic E-state index is 0.0966. The van der Waals surface area contributed by atoms with Crippen molar-refractivity contribution >= 4 is 11.7 Å². The van der Waals surface area contributed by atoms with Gasteiger partial charge in [0.2, 0.25) is 0 Å². The van der Waals surface area contributed by atoms with Crippen LogP contribution in [0.3, 0.4) is 0 Å². The molecule has 6 heteroatoms. The first-order valence-corrected chi connectivity index (χ1v) is 8.71. The molecule has 5 nitrogen and oxygen atoms in total. The van der Waals surface area contributed by atoms with Crippen molar-refractivity contribution in [2.24, 2.45) is 0 Å². The number of anilines is 1. The van der Waals surface area contributed by atoms with Gasteiger partial charge in [0.1, 0.15) is 11.9 Å². The number of hydrogen-bond acceptors (Lipinski definition) is 3. The standard InChI is InChI=1S/C20H21FN4O/c21-17-8-9-18(16(12-17)13-22)24-20(26)23-14-19(25-10-4-5-11-25)15-6-2-1-3-7-15/h1-3,6-9,12,19H,4-5,10-11,14H2,(H2,23,24,26). The number of likely N-dealkylation sites (tertiary alicyclic amines) is 1. The highest BCUT2D eigenvalue weighted by Crippen LogP contribution is 2.24. The van der Waals surface area contributed by atoms with Crippen molar-refractivity contribution in [3.8, 4) is 6.07 Å². The number of nitriles is 1. The molecule has 3 rings (SSSR count). The smallest absolute Gasteiger partial charge is 0.319 e. The fourth-order valence-corrected chi connectivity index (χ4v) is 3.26. The van der Waals surface area contributed by atoms with Gasteiger partial charge < -0.3 is 10.6 Å². The minimum atomic E-state index is -0.509. The molecule has 1 aliphatic rings. The molecule has 0 bridgehead atoms. The van der Waals surface area contributed by atoms with E-state index in [0.717, 1.165) is 37.6 Å². The van der Waals surface area contributed by atoms with E-state index in [0.29, 0.717) is 12.2 Å². The summed E-state index contributed by atoms with van der Waals surface area (Å²) in [7, 11) is 0. The topological polar surface area (TPSA) is 68.2 Å². The van der Waals surface area contributed by atoms with Gasteiger partial charge >= 0.3 is 6.03 Å². The van der Waals surface area contributed by atoms with Gasteiger partial charge in [0, 0.05) is 6.54 Å². The third-order valence-corrected chi connectivity index (χ3v) is 4.57. The number of carbonyl (C=O) groups is 1. The van der Waals surface area contributed by atoms with Gasteiger partial charge in [0.05, 0.1) is 17.3 Å². The van der Waals surface area contributed by atoms with Crippen LogP contribution < -0.4 is 10.6 Å². The lowest BCUT2D eigenvalue weighted by Crippen LogP contribution is -2.38. The Kier molecular flexibility index (Phi) is 5.82. The summed E-state index contributed by atoms with van der Waals surface area (Å²) in [6.45, 7) is 2.48. The molecule has 134 valence electrons. The van der Waals surface area contributed by atoms with E-state index < -0.39 is 11.8 Å². The third kappa shape index (κ3) is 4.38. The number of hydrogen-bond donors (Lipinski definition) is 2.